The lowest BCUT2D eigenvalue weighted by molar-refractivity contribution is -0.125. The number of nitrogens with two attached hydrogens (primary N) is 1. The van der Waals surface area contributed by atoms with E-state index in [-0.39, 0.29) is 19.1 Å². The molecule has 0 heterocycles. The maximum absolute atomic E-state index is 11.2. The first-order valence-electron chi connectivity index (χ1n) is 4.30. The van der Waals surface area contributed by atoms with Crippen LogP contribution in [0.15, 0.2) is 0 Å². The molecule has 0 saturated carbocycles. The molecule has 78 valence electrons. The molecule has 0 aromatic rings. The maximum atomic E-state index is 11.2. The quantitative estimate of drug-likeness (QED) is 0.428. The Morgan fingerprint density at radius 1 is 1.54 bits per heavy atom. The van der Waals surface area contributed by atoms with Gasteiger partial charge < -0.3 is 21.3 Å². The second-order valence-corrected chi connectivity index (χ2v) is 3.23. The molecule has 0 spiro atoms. The van der Waals surface area contributed by atoms with Gasteiger partial charge in [0.1, 0.15) is 0 Å². The van der Waals surface area contributed by atoms with Crippen molar-refractivity contribution in [3.05, 3.63) is 0 Å². The zero-order chi connectivity index (χ0) is 10.5. The zero-order valence-electron chi connectivity index (χ0n) is 8.08. The van der Waals surface area contributed by atoms with Crippen LogP contribution in [0.4, 0.5) is 0 Å². The van der Waals surface area contributed by atoms with Crippen LogP contribution >= 0.6 is 0 Å². The molecule has 5 nitrogen and oxygen atoms in total. The highest BCUT2D eigenvalue weighted by atomic mass is 16.3. The second-order valence-electron chi connectivity index (χ2n) is 3.23. The van der Waals surface area contributed by atoms with Crippen molar-refractivity contribution in [1.82, 2.24) is 5.32 Å². The number of rotatable bonds is 5. The molecule has 1 amide bonds. The summed E-state index contributed by atoms with van der Waals surface area (Å²) < 4.78 is 0. The summed E-state index contributed by atoms with van der Waals surface area (Å²) in [5.74, 6) is -0.370. The summed E-state index contributed by atoms with van der Waals surface area (Å²) in [5, 5.41) is 20.5. The number of carbonyl (C=O) groups is 1. The maximum Gasteiger partial charge on any atom is 0.237 e. The number of nitrogens with one attached hydrogen (secondary N) is 1. The molecule has 0 aliphatic rings. The predicted molar refractivity (Wildman–Crippen MR) is 49.0 cm³/mol. The number of hydrogen-bond acceptors (Lipinski definition) is 4. The van der Waals surface area contributed by atoms with E-state index < -0.39 is 11.6 Å². The summed E-state index contributed by atoms with van der Waals surface area (Å²) in [5.41, 5.74) is 4.39. The highest BCUT2D eigenvalue weighted by Crippen LogP contribution is 2.08. The Morgan fingerprint density at radius 2 is 2.00 bits per heavy atom. The average molecular weight is 190 g/mol. The monoisotopic (exact) mass is 190 g/mol. The van der Waals surface area contributed by atoms with Crippen LogP contribution in [0.2, 0.25) is 0 Å². The Labute approximate surface area is 77.9 Å². The largest absolute Gasteiger partial charge is 0.394 e. The molecule has 0 bridgehead atoms. The molecule has 0 aliphatic heterocycles. The SMILES string of the molecule is CCC(CO)(CO)NC(=O)[C@@H](C)N. The fourth-order valence-electron chi connectivity index (χ4n) is 0.816. The first kappa shape index (κ1) is 12.3. The van der Waals surface area contributed by atoms with E-state index >= 15 is 0 Å². The lowest BCUT2D eigenvalue weighted by Gasteiger charge is -2.30. The van der Waals surface area contributed by atoms with E-state index in [0.717, 1.165) is 0 Å². The van der Waals surface area contributed by atoms with Gasteiger partial charge in [0.2, 0.25) is 5.91 Å². The van der Waals surface area contributed by atoms with Gasteiger partial charge in [0.15, 0.2) is 0 Å². The minimum atomic E-state index is -0.940. The molecule has 5 heteroatoms. The van der Waals surface area contributed by atoms with E-state index in [0.29, 0.717) is 6.42 Å². The number of aliphatic hydroxyl groups excluding tert-OH is 2. The summed E-state index contributed by atoms with van der Waals surface area (Å²) in [7, 11) is 0. The number of aliphatic hydroxyl groups is 2. The van der Waals surface area contributed by atoms with Crippen LogP contribution in [-0.4, -0.2) is 40.9 Å². The molecule has 0 fully saturated rings. The van der Waals surface area contributed by atoms with Crippen molar-refractivity contribution >= 4 is 5.91 Å². The van der Waals surface area contributed by atoms with E-state index in [9.17, 15) is 4.79 Å². The lowest BCUT2D eigenvalue weighted by atomic mass is 9.98. The predicted octanol–water partition coefficient (Wildman–Crippen LogP) is -1.42. The lowest BCUT2D eigenvalue weighted by Crippen LogP contribution is -2.57. The Bertz CT molecular complexity index is 159. The smallest absolute Gasteiger partial charge is 0.237 e. The topological polar surface area (TPSA) is 95.6 Å². The van der Waals surface area contributed by atoms with Crippen molar-refractivity contribution in [1.29, 1.82) is 0 Å². The molecular formula is C8H18N2O3. The summed E-state index contributed by atoms with van der Waals surface area (Å²) in [6.07, 6.45) is 0.457. The summed E-state index contributed by atoms with van der Waals surface area (Å²) in [4.78, 5) is 11.2. The first-order chi connectivity index (χ1) is 6.01. The molecule has 0 unspecified atom stereocenters. The van der Waals surface area contributed by atoms with Crippen LogP contribution < -0.4 is 11.1 Å². The number of carbonyl (C=O) groups excluding carboxylic acids is 1. The molecule has 0 radical (unpaired) electrons. The van der Waals surface area contributed by atoms with Crippen molar-refractivity contribution in [2.24, 2.45) is 5.73 Å². The molecule has 5 N–H and O–H groups in total. The van der Waals surface area contributed by atoms with Crippen LogP contribution in [-0.2, 0) is 4.79 Å². The van der Waals surface area contributed by atoms with Gasteiger partial charge in [-0.2, -0.15) is 0 Å². The van der Waals surface area contributed by atoms with E-state index in [1.807, 2.05) is 0 Å². The van der Waals surface area contributed by atoms with Crippen molar-refractivity contribution in [3.8, 4) is 0 Å². The number of hydrogen-bond donors (Lipinski definition) is 4. The fourth-order valence-corrected chi connectivity index (χ4v) is 0.816. The highest BCUT2D eigenvalue weighted by molar-refractivity contribution is 5.81. The molecule has 0 saturated heterocycles. The van der Waals surface area contributed by atoms with Crippen LogP contribution in [0.1, 0.15) is 20.3 Å². The van der Waals surface area contributed by atoms with Crippen molar-refractivity contribution in [3.63, 3.8) is 0 Å². The molecule has 0 aromatic carbocycles. The zero-order valence-corrected chi connectivity index (χ0v) is 8.08. The normalized spacial score (nSPS) is 13.9. The van der Waals surface area contributed by atoms with Gasteiger partial charge in [-0.3, -0.25) is 4.79 Å². The Morgan fingerprint density at radius 3 is 2.23 bits per heavy atom. The Balaban J connectivity index is 4.33. The van der Waals surface area contributed by atoms with Gasteiger partial charge in [0, 0.05) is 0 Å². The molecule has 0 rings (SSSR count). The minimum absolute atomic E-state index is 0.293. The third-order valence-electron chi connectivity index (χ3n) is 2.08. The van der Waals surface area contributed by atoms with Crippen LogP contribution in [0.5, 0.6) is 0 Å². The second kappa shape index (κ2) is 5.16. The Kier molecular flexibility index (Phi) is 4.90. The molecule has 0 aliphatic carbocycles. The highest BCUT2D eigenvalue weighted by Gasteiger charge is 2.29. The van der Waals surface area contributed by atoms with Gasteiger partial charge in [0.25, 0.3) is 0 Å². The molecule has 0 aromatic heterocycles. The van der Waals surface area contributed by atoms with E-state index in [2.05, 4.69) is 5.32 Å². The van der Waals surface area contributed by atoms with Crippen LogP contribution in [0.25, 0.3) is 0 Å². The third-order valence-corrected chi connectivity index (χ3v) is 2.08. The van der Waals surface area contributed by atoms with Crippen LogP contribution in [0.3, 0.4) is 0 Å². The third kappa shape index (κ3) is 3.30. The standard InChI is InChI=1S/C8H18N2O3/c1-3-8(4-11,5-12)10-7(13)6(2)9/h6,11-12H,3-5,9H2,1-2H3,(H,10,13)/t6-/m1/s1. The van der Waals surface area contributed by atoms with Gasteiger partial charge in [-0.05, 0) is 13.3 Å². The molecular weight excluding hydrogens is 172 g/mol. The van der Waals surface area contributed by atoms with E-state index in [1.165, 1.54) is 0 Å². The van der Waals surface area contributed by atoms with Gasteiger partial charge in [-0.15, -0.1) is 0 Å². The van der Waals surface area contributed by atoms with E-state index in [1.54, 1.807) is 13.8 Å². The summed E-state index contributed by atoms with van der Waals surface area (Å²) in [6.45, 7) is 2.73. The van der Waals surface area contributed by atoms with Crippen molar-refractivity contribution in [2.45, 2.75) is 31.8 Å². The van der Waals surface area contributed by atoms with Crippen LogP contribution in [0, 0.1) is 0 Å². The fraction of sp³-hybridized carbons (Fsp3) is 0.875. The summed E-state index contributed by atoms with van der Waals surface area (Å²) in [6, 6.07) is -0.635. The van der Waals surface area contributed by atoms with E-state index in [4.69, 9.17) is 15.9 Å². The average Bonchev–Trinajstić information content (AvgIpc) is 2.14. The van der Waals surface area contributed by atoms with Gasteiger partial charge in [-0.1, -0.05) is 6.92 Å². The minimum Gasteiger partial charge on any atom is -0.394 e. The Hall–Kier alpha value is -0.650. The first-order valence-corrected chi connectivity index (χ1v) is 4.30. The number of amides is 1. The van der Waals surface area contributed by atoms with Gasteiger partial charge in [0.05, 0.1) is 24.8 Å². The summed E-state index contributed by atoms with van der Waals surface area (Å²) >= 11 is 0. The van der Waals surface area contributed by atoms with Crippen molar-refractivity contribution < 1.29 is 15.0 Å². The molecule has 1 atom stereocenters. The van der Waals surface area contributed by atoms with Crippen molar-refractivity contribution in [2.75, 3.05) is 13.2 Å². The van der Waals surface area contributed by atoms with Gasteiger partial charge in [-0.25, -0.2) is 0 Å². The van der Waals surface area contributed by atoms with Gasteiger partial charge >= 0.3 is 0 Å². The molecule has 13 heavy (non-hydrogen) atoms.